The van der Waals surface area contributed by atoms with Crippen molar-refractivity contribution >= 4 is 17.9 Å². The van der Waals surface area contributed by atoms with Crippen LogP contribution in [0.25, 0.3) is 0 Å². The molecule has 1 aromatic heterocycles. The van der Waals surface area contributed by atoms with Gasteiger partial charge in [0.05, 0.1) is 11.9 Å². The molecule has 1 heterocycles. The molecule has 0 N–H and O–H groups in total. The molecule has 12 heavy (non-hydrogen) atoms. The van der Waals surface area contributed by atoms with Crippen molar-refractivity contribution in [3.05, 3.63) is 22.7 Å². The topological polar surface area (TPSA) is 42.9 Å². The predicted octanol–water partition coefficient (Wildman–Crippen LogP) is 2.07. The van der Waals surface area contributed by atoms with Gasteiger partial charge in [-0.05, 0) is 5.92 Å². The first kappa shape index (κ1) is 9.13. The first-order valence-electron chi connectivity index (χ1n) is 3.62. The summed E-state index contributed by atoms with van der Waals surface area (Å²) in [5, 5.41) is 0.371. The summed E-state index contributed by atoms with van der Waals surface area (Å²) in [7, 11) is 0. The molecule has 1 aromatic rings. The highest BCUT2D eigenvalue weighted by atomic mass is 35.5. The van der Waals surface area contributed by atoms with Gasteiger partial charge in [-0.25, -0.2) is 9.97 Å². The Morgan fingerprint density at radius 3 is 2.75 bits per heavy atom. The van der Waals surface area contributed by atoms with Crippen LogP contribution >= 0.6 is 11.6 Å². The summed E-state index contributed by atoms with van der Waals surface area (Å²) in [5.74, 6) is 0.185. The molecular formula is C8H9ClN2O. The van der Waals surface area contributed by atoms with Crippen molar-refractivity contribution in [2.45, 2.75) is 19.8 Å². The van der Waals surface area contributed by atoms with Crippen molar-refractivity contribution in [1.82, 2.24) is 9.97 Å². The third-order valence-electron chi connectivity index (χ3n) is 1.44. The van der Waals surface area contributed by atoms with E-state index in [4.69, 9.17) is 11.6 Å². The van der Waals surface area contributed by atoms with Gasteiger partial charge in [0, 0.05) is 0 Å². The van der Waals surface area contributed by atoms with Crippen LogP contribution in [0.1, 0.15) is 35.9 Å². The van der Waals surface area contributed by atoms with Gasteiger partial charge in [-0.3, -0.25) is 4.79 Å². The Labute approximate surface area is 75.8 Å². The Hall–Kier alpha value is -0.960. The fourth-order valence-electron chi connectivity index (χ4n) is 0.827. The summed E-state index contributed by atoms with van der Waals surface area (Å²) in [6.45, 7) is 3.90. The average molecular weight is 185 g/mol. The molecule has 0 aliphatic heterocycles. The van der Waals surface area contributed by atoms with Crippen LogP contribution in [0, 0.1) is 0 Å². The van der Waals surface area contributed by atoms with Gasteiger partial charge in [-0.2, -0.15) is 0 Å². The predicted molar refractivity (Wildman–Crippen MR) is 46.5 cm³/mol. The number of rotatable bonds is 2. The van der Waals surface area contributed by atoms with Crippen LogP contribution in [0.5, 0.6) is 0 Å². The highest BCUT2D eigenvalue weighted by molar-refractivity contribution is 6.30. The van der Waals surface area contributed by atoms with E-state index >= 15 is 0 Å². The van der Waals surface area contributed by atoms with Gasteiger partial charge in [-0.1, -0.05) is 25.4 Å². The molecule has 1 rings (SSSR count). The van der Waals surface area contributed by atoms with E-state index in [9.17, 15) is 4.79 Å². The molecule has 0 aliphatic rings. The normalized spacial score (nSPS) is 10.3. The molecule has 0 saturated carbocycles. The Morgan fingerprint density at radius 2 is 2.25 bits per heavy atom. The van der Waals surface area contributed by atoms with Crippen LogP contribution in [-0.4, -0.2) is 16.3 Å². The SMILES string of the molecule is CC(C)c1nc(C=O)cnc1Cl. The summed E-state index contributed by atoms with van der Waals surface area (Å²) in [5.41, 5.74) is 0.990. The van der Waals surface area contributed by atoms with E-state index in [0.717, 1.165) is 0 Å². The number of carbonyl (C=O) groups is 1. The summed E-state index contributed by atoms with van der Waals surface area (Å²) < 4.78 is 0. The van der Waals surface area contributed by atoms with E-state index in [1.165, 1.54) is 6.20 Å². The monoisotopic (exact) mass is 184 g/mol. The fourth-order valence-corrected chi connectivity index (χ4v) is 1.14. The van der Waals surface area contributed by atoms with E-state index in [-0.39, 0.29) is 5.92 Å². The number of halogens is 1. The molecule has 0 aliphatic carbocycles. The van der Waals surface area contributed by atoms with E-state index in [1.807, 2.05) is 13.8 Å². The summed E-state index contributed by atoms with van der Waals surface area (Å²) >= 11 is 5.76. The highest BCUT2D eigenvalue weighted by Crippen LogP contribution is 2.18. The maximum atomic E-state index is 10.3. The molecule has 0 amide bonds. The minimum atomic E-state index is 0.185. The number of carbonyl (C=O) groups excluding carboxylic acids is 1. The molecule has 0 unspecified atom stereocenters. The van der Waals surface area contributed by atoms with Crippen LogP contribution in [0.2, 0.25) is 5.15 Å². The summed E-state index contributed by atoms with van der Waals surface area (Å²) in [4.78, 5) is 18.2. The largest absolute Gasteiger partial charge is 0.296 e. The van der Waals surface area contributed by atoms with Crippen LogP contribution in [0.3, 0.4) is 0 Å². The number of aromatic nitrogens is 2. The van der Waals surface area contributed by atoms with Gasteiger partial charge in [-0.15, -0.1) is 0 Å². The Balaban J connectivity index is 3.16. The molecular weight excluding hydrogens is 176 g/mol. The zero-order chi connectivity index (χ0) is 9.14. The first-order valence-corrected chi connectivity index (χ1v) is 4.00. The minimum Gasteiger partial charge on any atom is -0.296 e. The maximum Gasteiger partial charge on any atom is 0.170 e. The van der Waals surface area contributed by atoms with Crippen LogP contribution in [0.15, 0.2) is 6.20 Å². The van der Waals surface area contributed by atoms with Gasteiger partial charge in [0.25, 0.3) is 0 Å². The van der Waals surface area contributed by atoms with Crippen LogP contribution in [-0.2, 0) is 0 Å². The third kappa shape index (κ3) is 1.80. The molecule has 0 aromatic carbocycles. The lowest BCUT2D eigenvalue weighted by molar-refractivity contribution is 0.111. The molecule has 0 radical (unpaired) electrons. The molecule has 0 fully saturated rings. The Morgan fingerprint density at radius 1 is 1.58 bits per heavy atom. The van der Waals surface area contributed by atoms with Crippen molar-refractivity contribution in [2.75, 3.05) is 0 Å². The average Bonchev–Trinajstić information content (AvgIpc) is 2.05. The first-order chi connectivity index (χ1) is 5.65. The summed E-state index contributed by atoms with van der Waals surface area (Å²) in [6.07, 6.45) is 2.02. The van der Waals surface area contributed by atoms with Crippen molar-refractivity contribution in [3.8, 4) is 0 Å². The standard InChI is InChI=1S/C8H9ClN2O/c1-5(2)7-8(9)10-3-6(4-12)11-7/h3-5H,1-2H3. The highest BCUT2D eigenvalue weighted by Gasteiger charge is 2.08. The molecule has 0 saturated heterocycles. The number of nitrogens with zero attached hydrogens (tertiary/aromatic N) is 2. The quantitative estimate of drug-likeness (QED) is 0.661. The molecule has 0 atom stereocenters. The third-order valence-corrected chi connectivity index (χ3v) is 1.73. The second-order valence-corrected chi connectivity index (χ2v) is 3.10. The lowest BCUT2D eigenvalue weighted by atomic mass is 10.1. The van der Waals surface area contributed by atoms with E-state index in [0.29, 0.717) is 22.8 Å². The molecule has 64 valence electrons. The van der Waals surface area contributed by atoms with Gasteiger partial charge >= 0.3 is 0 Å². The second-order valence-electron chi connectivity index (χ2n) is 2.74. The lowest BCUT2D eigenvalue weighted by Crippen LogP contribution is -1.99. The second kappa shape index (κ2) is 3.63. The molecule has 3 nitrogen and oxygen atoms in total. The number of aldehydes is 1. The van der Waals surface area contributed by atoms with E-state index in [2.05, 4.69) is 9.97 Å². The van der Waals surface area contributed by atoms with Crippen molar-refractivity contribution in [3.63, 3.8) is 0 Å². The van der Waals surface area contributed by atoms with E-state index in [1.54, 1.807) is 0 Å². The molecule has 0 spiro atoms. The Bertz CT molecular complexity index is 299. The zero-order valence-corrected chi connectivity index (χ0v) is 7.67. The smallest absolute Gasteiger partial charge is 0.170 e. The van der Waals surface area contributed by atoms with Gasteiger partial charge < -0.3 is 0 Å². The number of hydrogen-bond acceptors (Lipinski definition) is 3. The van der Waals surface area contributed by atoms with Crippen molar-refractivity contribution in [1.29, 1.82) is 0 Å². The molecule has 4 heteroatoms. The van der Waals surface area contributed by atoms with Gasteiger partial charge in [0.1, 0.15) is 5.69 Å². The zero-order valence-electron chi connectivity index (χ0n) is 6.91. The van der Waals surface area contributed by atoms with Crippen molar-refractivity contribution < 1.29 is 4.79 Å². The van der Waals surface area contributed by atoms with Gasteiger partial charge in [0.2, 0.25) is 0 Å². The fraction of sp³-hybridized carbons (Fsp3) is 0.375. The number of hydrogen-bond donors (Lipinski definition) is 0. The Kier molecular flexibility index (Phi) is 2.76. The van der Waals surface area contributed by atoms with Crippen LogP contribution < -0.4 is 0 Å². The van der Waals surface area contributed by atoms with Gasteiger partial charge in [0.15, 0.2) is 11.4 Å². The van der Waals surface area contributed by atoms with E-state index < -0.39 is 0 Å². The maximum absolute atomic E-state index is 10.3. The summed E-state index contributed by atoms with van der Waals surface area (Å²) in [6, 6.07) is 0. The van der Waals surface area contributed by atoms with Crippen molar-refractivity contribution in [2.24, 2.45) is 0 Å². The van der Waals surface area contributed by atoms with Crippen LogP contribution in [0.4, 0.5) is 0 Å². The lowest BCUT2D eigenvalue weighted by Gasteiger charge is -2.05. The minimum absolute atomic E-state index is 0.185. The molecule has 0 bridgehead atoms.